The molecule has 0 radical (unpaired) electrons. The van der Waals surface area contributed by atoms with Gasteiger partial charge in [-0.1, -0.05) is 24.6 Å². The van der Waals surface area contributed by atoms with Crippen LogP contribution >= 0.6 is 11.8 Å². The van der Waals surface area contributed by atoms with Crippen molar-refractivity contribution in [2.45, 2.75) is 43.0 Å². The largest absolute Gasteiger partial charge is 0.342 e. The molecule has 6 heteroatoms. The van der Waals surface area contributed by atoms with Gasteiger partial charge in [0.25, 0.3) is 0 Å². The number of nitrogens with zero attached hydrogens (tertiary/aromatic N) is 4. The van der Waals surface area contributed by atoms with E-state index in [1.54, 1.807) is 4.68 Å². The number of carbonyl (C=O) groups excluding carboxylic acids is 1. The molecule has 1 amide bonds. The third-order valence-corrected chi connectivity index (χ3v) is 4.35. The maximum Gasteiger partial charge on any atom is 0.235 e. The number of aromatic nitrogens is 3. The molecule has 18 heavy (non-hydrogen) atoms. The lowest BCUT2D eigenvalue weighted by Crippen LogP contribution is -2.37. The smallest absolute Gasteiger partial charge is 0.235 e. The highest BCUT2D eigenvalue weighted by Gasteiger charge is 2.23. The molecular formula is C12H20N4OS. The number of hydrogen-bond acceptors (Lipinski definition) is 4. The van der Waals surface area contributed by atoms with E-state index in [1.165, 1.54) is 30.9 Å². The minimum atomic E-state index is -0.0917. The molecule has 0 spiro atoms. The predicted molar refractivity (Wildman–Crippen MR) is 71.4 cm³/mol. The van der Waals surface area contributed by atoms with Crippen LogP contribution < -0.4 is 0 Å². The Kier molecular flexibility index (Phi) is 4.63. The van der Waals surface area contributed by atoms with Crippen LogP contribution in [-0.4, -0.2) is 43.9 Å². The number of hydrogen-bond donors (Lipinski definition) is 0. The molecule has 0 aromatic carbocycles. The molecule has 2 rings (SSSR count). The Balaban J connectivity index is 1.93. The van der Waals surface area contributed by atoms with Crippen molar-refractivity contribution < 1.29 is 4.79 Å². The highest BCUT2D eigenvalue weighted by Crippen LogP contribution is 2.22. The fourth-order valence-corrected chi connectivity index (χ4v) is 3.02. The van der Waals surface area contributed by atoms with Crippen LogP contribution in [0.3, 0.4) is 0 Å². The van der Waals surface area contributed by atoms with Gasteiger partial charge < -0.3 is 4.90 Å². The van der Waals surface area contributed by atoms with Gasteiger partial charge in [0.1, 0.15) is 6.33 Å². The second kappa shape index (κ2) is 6.22. The summed E-state index contributed by atoms with van der Waals surface area (Å²) in [5.41, 5.74) is 0. The summed E-state index contributed by atoms with van der Waals surface area (Å²) in [6, 6.07) is 0. The molecule has 5 nitrogen and oxygen atoms in total. The zero-order valence-corrected chi connectivity index (χ0v) is 11.8. The number of amides is 1. The first kappa shape index (κ1) is 13.4. The Morgan fingerprint density at radius 3 is 2.56 bits per heavy atom. The molecular weight excluding hydrogens is 248 g/mol. The van der Waals surface area contributed by atoms with Crippen LogP contribution in [0.4, 0.5) is 0 Å². The van der Waals surface area contributed by atoms with Crippen LogP contribution in [0.5, 0.6) is 0 Å². The van der Waals surface area contributed by atoms with Gasteiger partial charge in [0.15, 0.2) is 5.16 Å². The van der Waals surface area contributed by atoms with Gasteiger partial charge in [0.2, 0.25) is 5.91 Å². The van der Waals surface area contributed by atoms with Crippen LogP contribution in [0.1, 0.15) is 32.6 Å². The van der Waals surface area contributed by atoms with Crippen molar-refractivity contribution in [1.29, 1.82) is 0 Å². The summed E-state index contributed by atoms with van der Waals surface area (Å²) in [4.78, 5) is 18.5. The molecule has 0 aliphatic carbocycles. The SMILES string of the molecule is CC(Sc1ncnn1C)C(=O)N1CCCCCC1. The summed E-state index contributed by atoms with van der Waals surface area (Å²) in [6.07, 6.45) is 6.27. The highest BCUT2D eigenvalue weighted by atomic mass is 32.2. The molecule has 1 aliphatic rings. The van der Waals surface area contributed by atoms with Crippen molar-refractivity contribution in [3.05, 3.63) is 6.33 Å². The highest BCUT2D eigenvalue weighted by molar-refractivity contribution is 8.00. The summed E-state index contributed by atoms with van der Waals surface area (Å²) in [5, 5.41) is 4.72. The molecule has 0 saturated carbocycles. The normalized spacial score (nSPS) is 18.4. The molecule has 1 fully saturated rings. The third-order valence-electron chi connectivity index (χ3n) is 3.22. The summed E-state index contributed by atoms with van der Waals surface area (Å²) in [6.45, 7) is 3.76. The second-order valence-electron chi connectivity index (χ2n) is 4.67. The standard InChI is InChI=1S/C12H20N4OS/c1-10(18-12-13-9-14-15(12)2)11(17)16-7-5-3-4-6-8-16/h9-10H,3-8H2,1-2H3. The van der Waals surface area contributed by atoms with E-state index in [-0.39, 0.29) is 11.2 Å². The zero-order valence-electron chi connectivity index (χ0n) is 11.0. The first-order valence-electron chi connectivity index (χ1n) is 6.48. The van der Waals surface area contributed by atoms with Crippen LogP contribution in [0.25, 0.3) is 0 Å². The number of aryl methyl sites for hydroxylation is 1. The summed E-state index contributed by atoms with van der Waals surface area (Å²) in [7, 11) is 1.85. The predicted octanol–water partition coefficient (Wildman–Crippen LogP) is 1.70. The molecule has 100 valence electrons. The van der Waals surface area contributed by atoms with E-state index in [4.69, 9.17) is 0 Å². The Morgan fingerprint density at radius 1 is 1.33 bits per heavy atom. The number of carbonyl (C=O) groups is 1. The molecule has 2 heterocycles. The van der Waals surface area contributed by atoms with E-state index in [9.17, 15) is 4.79 Å². The van der Waals surface area contributed by atoms with Crippen molar-refractivity contribution in [2.24, 2.45) is 7.05 Å². The van der Waals surface area contributed by atoms with E-state index < -0.39 is 0 Å². The lowest BCUT2D eigenvalue weighted by Gasteiger charge is -2.23. The third kappa shape index (κ3) is 3.25. The van der Waals surface area contributed by atoms with E-state index in [0.29, 0.717) is 0 Å². The Hall–Kier alpha value is -1.04. The van der Waals surface area contributed by atoms with Gasteiger partial charge in [-0.2, -0.15) is 5.10 Å². The number of likely N-dealkylation sites (tertiary alicyclic amines) is 1. The maximum absolute atomic E-state index is 12.3. The van der Waals surface area contributed by atoms with E-state index in [1.807, 2.05) is 18.9 Å². The molecule has 1 aliphatic heterocycles. The number of rotatable bonds is 3. The van der Waals surface area contributed by atoms with Crippen molar-refractivity contribution in [3.63, 3.8) is 0 Å². The van der Waals surface area contributed by atoms with Gasteiger partial charge in [-0.15, -0.1) is 0 Å². The minimum Gasteiger partial charge on any atom is -0.342 e. The topological polar surface area (TPSA) is 51.0 Å². The molecule has 1 atom stereocenters. The van der Waals surface area contributed by atoms with Crippen LogP contribution in [0, 0.1) is 0 Å². The zero-order chi connectivity index (χ0) is 13.0. The van der Waals surface area contributed by atoms with Gasteiger partial charge in [0.05, 0.1) is 5.25 Å². The average molecular weight is 268 g/mol. The van der Waals surface area contributed by atoms with E-state index in [2.05, 4.69) is 10.1 Å². The Bertz CT molecular complexity index is 399. The van der Waals surface area contributed by atoms with Crippen molar-refractivity contribution in [1.82, 2.24) is 19.7 Å². The molecule has 1 unspecified atom stereocenters. The summed E-state index contributed by atoms with van der Waals surface area (Å²) in [5.74, 6) is 0.227. The molecule has 0 bridgehead atoms. The van der Waals surface area contributed by atoms with Crippen molar-refractivity contribution >= 4 is 17.7 Å². The van der Waals surface area contributed by atoms with Crippen LogP contribution in [0.15, 0.2) is 11.5 Å². The van der Waals surface area contributed by atoms with Crippen LogP contribution in [0.2, 0.25) is 0 Å². The van der Waals surface area contributed by atoms with Crippen molar-refractivity contribution in [2.75, 3.05) is 13.1 Å². The summed E-state index contributed by atoms with van der Waals surface area (Å²) < 4.78 is 1.71. The molecule has 1 aromatic rings. The molecule has 0 N–H and O–H groups in total. The van der Waals surface area contributed by atoms with Gasteiger partial charge in [-0.3, -0.25) is 4.79 Å². The van der Waals surface area contributed by atoms with Gasteiger partial charge >= 0.3 is 0 Å². The monoisotopic (exact) mass is 268 g/mol. The van der Waals surface area contributed by atoms with Gasteiger partial charge in [0, 0.05) is 20.1 Å². The quantitative estimate of drug-likeness (QED) is 0.783. The van der Waals surface area contributed by atoms with Crippen molar-refractivity contribution in [3.8, 4) is 0 Å². The number of thioether (sulfide) groups is 1. The summed E-state index contributed by atoms with van der Waals surface area (Å²) >= 11 is 1.48. The van der Waals surface area contributed by atoms with E-state index >= 15 is 0 Å². The Labute approximate surface area is 112 Å². The lowest BCUT2D eigenvalue weighted by atomic mass is 10.2. The molecule has 1 saturated heterocycles. The average Bonchev–Trinajstić information content (AvgIpc) is 2.63. The lowest BCUT2D eigenvalue weighted by molar-refractivity contribution is -0.130. The molecule has 1 aromatic heterocycles. The van der Waals surface area contributed by atoms with E-state index in [0.717, 1.165) is 31.1 Å². The first-order valence-corrected chi connectivity index (χ1v) is 7.36. The van der Waals surface area contributed by atoms with Crippen LogP contribution in [-0.2, 0) is 11.8 Å². The maximum atomic E-state index is 12.3. The Morgan fingerprint density at radius 2 is 2.00 bits per heavy atom. The minimum absolute atomic E-state index is 0.0917. The first-order chi connectivity index (χ1) is 8.68. The fourth-order valence-electron chi connectivity index (χ4n) is 2.15. The second-order valence-corrected chi connectivity index (χ2v) is 5.97. The van der Waals surface area contributed by atoms with Gasteiger partial charge in [-0.25, -0.2) is 9.67 Å². The van der Waals surface area contributed by atoms with Gasteiger partial charge in [-0.05, 0) is 19.8 Å². The fraction of sp³-hybridized carbons (Fsp3) is 0.750.